The fourth-order valence-electron chi connectivity index (χ4n) is 2.73. The molecule has 1 fully saturated rings. The van der Waals surface area contributed by atoms with Gasteiger partial charge in [0.25, 0.3) is 0 Å². The van der Waals surface area contributed by atoms with Crippen molar-refractivity contribution in [3.05, 3.63) is 83.6 Å². The van der Waals surface area contributed by atoms with Crippen molar-refractivity contribution >= 4 is 6.03 Å². The molecule has 1 aliphatic rings. The van der Waals surface area contributed by atoms with E-state index in [1.54, 1.807) is 0 Å². The maximum atomic E-state index is 12.7. The van der Waals surface area contributed by atoms with Gasteiger partial charge in [0.15, 0.2) is 0 Å². The number of carbonyl (C=O) groups excluding carboxylic acids is 1. The van der Waals surface area contributed by atoms with E-state index in [0.29, 0.717) is 19.0 Å². The van der Waals surface area contributed by atoms with Crippen molar-refractivity contribution in [2.45, 2.75) is 32.9 Å². The van der Waals surface area contributed by atoms with Gasteiger partial charge in [-0.15, -0.1) is 0 Å². The van der Waals surface area contributed by atoms with Gasteiger partial charge in [-0.05, 0) is 36.8 Å². The van der Waals surface area contributed by atoms with Crippen molar-refractivity contribution in [2.24, 2.45) is 5.92 Å². The molecule has 2 amide bonds. The zero-order valence-corrected chi connectivity index (χ0v) is 14.1. The van der Waals surface area contributed by atoms with Gasteiger partial charge < -0.3 is 10.2 Å². The van der Waals surface area contributed by atoms with Crippen molar-refractivity contribution in [2.75, 3.05) is 0 Å². The third kappa shape index (κ3) is 4.72. The van der Waals surface area contributed by atoms with Crippen LogP contribution in [0.2, 0.25) is 0 Å². The Kier molecular flexibility index (Phi) is 5.32. The number of allylic oxidation sites excluding steroid dienone is 1. The van der Waals surface area contributed by atoms with Crippen LogP contribution in [0.4, 0.5) is 4.79 Å². The maximum absolute atomic E-state index is 12.7. The Balaban J connectivity index is 1.70. The van der Waals surface area contributed by atoms with Gasteiger partial charge in [-0.2, -0.15) is 0 Å². The van der Waals surface area contributed by atoms with Gasteiger partial charge in [0.1, 0.15) is 0 Å². The topological polar surface area (TPSA) is 32.3 Å². The van der Waals surface area contributed by atoms with Crippen molar-refractivity contribution in [3.63, 3.8) is 0 Å². The van der Waals surface area contributed by atoms with Crippen molar-refractivity contribution in [1.82, 2.24) is 10.2 Å². The van der Waals surface area contributed by atoms with Crippen molar-refractivity contribution in [1.29, 1.82) is 0 Å². The number of hydrogen-bond donors (Lipinski definition) is 1. The van der Waals surface area contributed by atoms with Crippen LogP contribution in [-0.2, 0) is 13.1 Å². The van der Waals surface area contributed by atoms with Gasteiger partial charge in [0, 0.05) is 19.3 Å². The molecule has 1 saturated carbocycles. The van der Waals surface area contributed by atoms with Crippen LogP contribution >= 0.6 is 0 Å². The first-order valence-electron chi connectivity index (χ1n) is 8.52. The zero-order chi connectivity index (χ0) is 16.8. The lowest BCUT2D eigenvalue weighted by atomic mass is 10.2. The van der Waals surface area contributed by atoms with E-state index in [4.69, 9.17) is 0 Å². The van der Waals surface area contributed by atoms with E-state index in [9.17, 15) is 4.79 Å². The lowest BCUT2D eigenvalue weighted by molar-refractivity contribution is 0.196. The molecule has 0 bridgehead atoms. The molecule has 0 aromatic heterocycles. The number of nitrogens with one attached hydrogen (secondary N) is 1. The molecular formula is C21H24N2O. The molecule has 0 aliphatic heterocycles. The Morgan fingerprint density at radius 3 is 1.96 bits per heavy atom. The number of benzene rings is 2. The molecule has 1 N–H and O–H groups in total. The van der Waals surface area contributed by atoms with Gasteiger partial charge >= 0.3 is 6.03 Å². The first-order valence-corrected chi connectivity index (χ1v) is 8.52. The molecule has 2 aromatic rings. The summed E-state index contributed by atoms with van der Waals surface area (Å²) in [5.41, 5.74) is 3.53. The summed E-state index contributed by atoms with van der Waals surface area (Å²) < 4.78 is 0. The van der Waals surface area contributed by atoms with Gasteiger partial charge in [-0.25, -0.2) is 4.79 Å². The van der Waals surface area contributed by atoms with Crippen LogP contribution in [0.3, 0.4) is 0 Å². The first-order chi connectivity index (χ1) is 11.7. The minimum Gasteiger partial charge on any atom is -0.316 e. The largest absolute Gasteiger partial charge is 0.321 e. The standard InChI is InChI=1S/C21H24N2O/c1-17(20-12-13-20)14-22-21(24)23(15-18-8-4-2-5-9-18)16-19-10-6-3-7-11-19/h2-11,14,20H,12-13,15-16H2,1H3,(H,22,24)/b17-14+. The van der Waals surface area contributed by atoms with Crippen LogP contribution in [0.15, 0.2) is 72.4 Å². The Morgan fingerprint density at radius 1 is 1.00 bits per heavy atom. The average molecular weight is 320 g/mol. The monoisotopic (exact) mass is 320 g/mol. The van der Waals surface area contributed by atoms with Crippen molar-refractivity contribution < 1.29 is 4.79 Å². The molecule has 0 saturated heterocycles. The summed E-state index contributed by atoms with van der Waals surface area (Å²) in [7, 11) is 0. The lowest BCUT2D eigenvalue weighted by Crippen LogP contribution is -2.36. The van der Waals surface area contributed by atoms with E-state index >= 15 is 0 Å². The Morgan fingerprint density at radius 2 is 1.50 bits per heavy atom. The van der Waals surface area contributed by atoms with Crippen molar-refractivity contribution in [3.8, 4) is 0 Å². The van der Waals surface area contributed by atoms with E-state index in [0.717, 1.165) is 11.1 Å². The van der Waals surface area contributed by atoms with Gasteiger partial charge in [-0.3, -0.25) is 0 Å². The summed E-state index contributed by atoms with van der Waals surface area (Å²) in [6.45, 7) is 3.28. The van der Waals surface area contributed by atoms with Crippen LogP contribution in [-0.4, -0.2) is 10.9 Å². The highest BCUT2D eigenvalue weighted by atomic mass is 16.2. The van der Waals surface area contributed by atoms with Crippen LogP contribution in [0.1, 0.15) is 30.9 Å². The number of urea groups is 1. The SMILES string of the molecule is C/C(=C\NC(=O)N(Cc1ccccc1)Cc1ccccc1)C1CC1. The smallest absolute Gasteiger partial charge is 0.316 e. The quantitative estimate of drug-likeness (QED) is 0.821. The third-order valence-corrected chi connectivity index (χ3v) is 4.36. The molecule has 1 aliphatic carbocycles. The predicted molar refractivity (Wildman–Crippen MR) is 97.1 cm³/mol. The Labute approximate surface area is 144 Å². The Hall–Kier alpha value is -2.55. The highest BCUT2D eigenvalue weighted by molar-refractivity contribution is 5.75. The van der Waals surface area contributed by atoms with Gasteiger partial charge in [-0.1, -0.05) is 66.2 Å². The highest BCUT2D eigenvalue weighted by Gasteiger charge is 2.23. The highest BCUT2D eigenvalue weighted by Crippen LogP contribution is 2.35. The van der Waals surface area contributed by atoms with E-state index in [1.807, 2.05) is 47.5 Å². The molecule has 124 valence electrons. The normalized spacial score (nSPS) is 14.3. The number of hydrogen-bond acceptors (Lipinski definition) is 1. The molecule has 0 atom stereocenters. The molecular weight excluding hydrogens is 296 g/mol. The number of carbonyl (C=O) groups is 1. The summed E-state index contributed by atoms with van der Waals surface area (Å²) in [6.07, 6.45) is 4.37. The summed E-state index contributed by atoms with van der Waals surface area (Å²) in [5, 5.41) is 2.97. The molecule has 3 heteroatoms. The summed E-state index contributed by atoms with van der Waals surface area (Å²) in [6, 6.07) is 20.2. The summed E-state index contributed by atoms with van der Waals surface area (Å²) in [4.78, 5) is 14.5. The molecule has 0 unspecified atom stereocenters. The number of rotatable bonds is 6. The molecule has 0 spiro atoms. The summed E-state index contributed by atoms with van der Waals surface area (Å²) >= 11 is 0. The second-order valence-electron chi connectivity index (χ2n) is 6.44. The minimum absolute atomic E-state index is 0.0530. The first kappa shape index (κ1) is 16.3. The predicted octanol–water partition coefficient (Wildman–Crippen LogP) is 4.71. The van der Waals surface area contributed by atoms with E-state index < -0.39 is 0 Å². The maximum Gasteiger partial charge on any atom is 0.321 e. The van der Waals surface area contributed by atoms with Crippen LogP contribution in [0, 0.1) is 5.92 Å². The van der Waals surface area contributed by atoms with Gasteiger partial charge in [0.2, 0.25) is 0 Å². The Bertz CT molecular complexity index is 649. The zero-order valence-electron chi connectivity index (χ0n) is 14.1. The second kappa shape index (κ2) is 7.82. The van der Waals surface area contributed by atoms with Crippen LogP contribution in [0.25, 0.3) is 0 Å². The lowest BCUT2D eigenvalue weighted by Gasteiger charge is -2.23. The second-order valence-corrected chi connectivity index (χ2v) is 6.44. The van der Waals surface area contributed by atoms with Gasteiger partial charge in [0.05, 0.1) is 0 Å². The fraction of sp³-hybridized carbons (Fsp3) is 0.286. The van der Waals surface area contributed by atoms with E-state index in [2.05, 4.69) is 36.5 Å². The molecule has 2 aromatic carbocycles. The third-order valence-electron chi connectivity index (χ3n) is 4.36. The fourth-order valence-corrected chi connectivity index (χ4v) is 2.73. The van der Waals surface area contributed by atoms with E-state index in [-0.39, 0.29) is 6.03 Å². The van der Waals surface area contributed by atoms with Crippen LogP contribution in [0.5, 0.6) is 0 Å². The summed E-state index contributed by atoms with van der Waals surface area (Å²) in [5.74, 6) is 0.669. The minimum atomic E-state index is -0.0530. The molecule has 3 rings (SSSR count). The number of amides is 2. The molecule has 0 heterocycles. The molecule has 0 radical (unpaired) electrons. The van der Waals surface area contributed by atoms with Crippen LogP contribution < -0.4 is 5.32 Å². The van der Waals surface area contributed by atoms with E-state index in [1.165, 1.54) is 18.4 Å². The average Bonchev–Trinajstić information content (AvgIpc) is 3.46. The molecule has 24 heavy (non-hydrogen) atoms. The number of nitrogens with zero attached hydrogens (tertiary/aromatic N) is 1. The molecule has 3 nitrogen and oxygen atoms in total.